The van der Waals surface area contributed by atoms with Crippen LogP contribution in [-0.2, 0) is 14.3 Å². The van der Waals surface area contributed by atoms with E-state index in [0.29, 0.717) is 29.0 Å². The van der Waals surface area contributed by atoms with Gasteiger partial charge in [0, 0.05) is 41.4 Å². The van der Waals surface area contributed by atoms with Crippen LogP contribution in [-0.4, -0.2) is 29.9 Å². The zero-order valence-electron chi connectivity index (χ0n) is 21.5. The number of nitrogens with zero attached hydrogens (tertiary/aromatic N) is 1. The van der Waals surface area contributed by atoms with Crippen LogP contribution in [0.15, 0.2) is 107 Å². The lowest BCUT2D eigenvalue weighted by Gasteiger charge is -2.36. The monoisotopic (exact) mass is 524 g/mol. The number of benzene rings is 3. The molecule has 3 aromatic rings. The van der Waals surface area contributed by atoms with E-state index in [1.54, 1.807) is 19.1 Å². The Labute approximate surface area is 226 Å². The van der Waals surface area contributed by atoms with Crippen LogP contribution in [0.4, 0.5) is 5.69 Å². The summed E-state index contributed by atoms with van der Waals surface area (Å²) in [5.41, 5.74) is 3.47. The molecule has 0 spiro atoms. The van der Waals surface area contributed by atoms with E-state index in [1.807, 2.05) is 60.7 Å². The zero-order chi connectivity index (χ0) is 27.4. The lowest BCUT2D eigenvalue weighted by Crippen LogP contribution is -2.36. The fraction of sp³-hybridized carbons (Fsp3) is 0.226. The number of carbonyl (C=O) groups is 2. The third-order valence-electron chi connectivity index (χ3n) is 7.06. The van der Waals surface area contributed by atoms with Gasteiger partial charge in [-0.25, -0.2) is 4.79 Å². The van der Waals surface area contributed by atoms with E-state index in [4.69, 9.17) is 9.47 Å². The molecule has 5 rings (SSSR count). The minimum atomic E-state index is -0.784. The number of allylic oxidation sites excluding steroid dienone is 3. The van der Waals surface area contributed by atoms with Gasteiger partial charge in [0.05, 0.1) is 10.5 Å². The second kappa shape index (κ2) is 11.3. The average molecular weight is 525 g/mol. The molecule has 1 aliphatic heterocycles. The standard InChI is InChI=1S/C31H28N2O6/c1-20-28(31(35)39-16-15-38-25-13-6-3-7-14-25)29(22-11-8-12-24(17-22)33(36)37)30-26(32-20)18-23(19-27(30)34)21-9-4-2-5-10-21/h2-14,17,23,29,32H,15-16,18-19H2,1H3/t23-,29-/m0/s1. The van der Waals surface area contributed by atoms with Gasteiger partial charge in [-0.05, 0) is 42.5 Å². The maximum Gasteiger partial charge on any atom is 0.336 e. The highest BCUT2D eigenvalue weighted by atomic mass is 16.6. The smallest absolute Gasteiger partial charge is 0.336 e. The number of Topliss-reactive ketones (excluding diaryl/α,β-unsaturated/α-hetero) is 1. The predicted molar refractivity (Wildman–Crippen MR) is 145 cm³/mol. The first-order chi connectivity index (χ1) is 18.9. The Morgan fingerprint density at radius 3 is 2.36 bits per heavy atom. The highest BCUT2D eigenvalue weighted by Gasteiger charge is 2.41. The summed E-state index contributed by atoms with van der Waals surface area (Å²) in [4.78, 5) is 38.2. The average Bonchev–Trinajstić information content (AvgIpc) is 2.95. The van der Waals surface area contributed by atoms with E-state index in [0.717, 1.165) is 11.3 Å². The molecule has 2 atom stereocenters. The van der Waals surface area contributed by atoms with Crippen molar-refractivity contribution in [3.8, 4) is 5.75 Å². The second-order valence-electron chi connectivity index (χ2n) is 9.58. The van der Waals surface area contributed by atoms with E-state index < -0.39 is 16.8 Å². The van der Waals surface area contributed by atoms with Crippen molar-refractivity contribution in [3.63, 3.8) is 0 Å². The third-order valence-corrected chi connectivity index (χ3v) is 7.06. The lowest BCUT2D eigenvalue weighted by atomic mass is 9.71. The second-order valence-corrected chi connectivity index (χ2v) is 9.58. The van der Waals surface area contributed by atoms with Crippen LogP contribution in [0.3, 0.4) is 0 Å². The summed E-state index contributed by atoms with van der Waals surface area (Å²) in [5, 5.41) is 14.9. The van der Waals surface area contributed by atoms with Crippen LogP contribution >= 0.6 is 0 Å². The van der Waals surface area contributed by atoms with Gasteiger partial charge in [-0.1, -0.05) is 60.7 Å². The molecule has 0 saturated heterocycles. The summed E-state index contributed by atoms with van der Waals surface area (Å²) in [7, 11) is 0. The molecule has 2 aliphatic rings. The van der Waals surface area contributed by atoms with Crippen molar-refractivity contribution in [3.05, 3.63) is 129 Å². The Hall–Kier alpha value is -4.72. The molecular formula is C31H28N2O6. The molecule has 0 fully saturated rings. The van der Waals surface area contributed by atoms with Crippen LogP contribution in [0, 0.1) is 10.1 Å². The summed E-state index contributed by atoms with van der Waals surface area (Å²) >= 11 is 0. The Morgan fingerprint density at radius 1 is 0.949 bits per heavy atom. The predicted octanol–water partition coefficient (Wildman–Crippen LogP) is 5.58. The van der Waals surface area contributed by atoms with Crippen molar-refractivity contribution in [2.45, 2.75) is 31.6 Å². The molecule has 39 heavy (non-hydrogen) atoms. The molecule has 198 valence electrons. The Morgan fingerprint density at radius 2 is 1.64 bits per heavy atom. The minimum Gasteiger partial charge on any atom is -0.490 e. The fourth-order valence-electron chi connectivity index (χ4n) is 5.31. The molecule has 0 aromatic heterocycles. The zero-order valence-corrected chi connectivity index (χ0v) is 21.5. The molecule has 0 unspecified atom stereocenters. The number of rotatable bonds is 8. The highest BCUT2D eigenvalue weighted by Crippen LogP contribution is 2.46. The summed E-state index contributed by atoms with van der Waals surface area (Å²) < 4.78 is 11.2. The SMILES string of the molecule is CC1=C(C(=O)OCCOc2ccccc2)[C@H](c2cccc([N+](=O)[O-])c2)C2=C(C[C@H](c3ccccc3)CC2=O)N1. The number of hydrogen-bond acceptors (Lipinski definition) is 7. The molecule has 1 N–H and O–H groups in total. The topological polar surface area (TPSA) is 108 Å². The minimum absolute atomic E-state index is 0.00208. The van der Waals surface area contributed by atoms with Crippen LogP contribution in [0.1, 0.15) is 42.7 Å². The van der Waals surface area contributed by atoms with E-state index in [2.05, 4.69) is 5.32 Å². The maximum atomic E-state index is 13.7. The molecule has 1 heterocycles. The van der Waals surface area contributed by atoms with Crippen LogP contribution in [0.5, 0.6) is 5.75 Å². The van der Waals surface area contributed by atoms with Crippen molar-refractivity contribution in [1.29, 1.82) is 0 Å². The van der Waals surface area contributed by atoms with Gasteiger partial charge in [0.1, 0.15) is 19.0 Å². The van der Waals surface area contributed by atoms with E-state index in [9.17, 15) is 19.7 Å². The number of nitro benzene ring substituents is 1. The van der Waals surface area contributed by atoms with Crippen molar-refractivity contribution in [1.82, 2.24) is 5.32 Å². The number of hydrogen-bond donors (Lipinski definition) is 1. The molecule has 0 radical (unpaired) electrons. The Kier molecular flexibility index (Phi) is 7.54. The van der Waals surface area contributed by atoms with Crippen LogP contribution in [0.25, 0.3) is 0 Å². The van der Waals surface area contributed by atoms with Gasteiger partial charge < -0.3 is 14.8 Å². The quantitative estimate of drug-likeness (QED) is 0.177. The molecule has 0 bridgehead atoms. The van der Waals surface area contributed by atoms with E-state index in [1.165, 1.54) is 12.1 Å². The number of dihydropyridines is 1. The van der Waals surface area contributed by atoms with E-state index >= 15 is 0 Å². The number of ketones is 1. The van der Waals surface area contributed by atoms with Crippen LogP contribution in [0.2, 0.25) is 0 Å². The van der Waals surface area contributed by atoms with Gasteiger partial charge in [-0.3, -0.25) is 14.9 Å². The third kappa shape index (κ3) is 5.60. The number of nitrogens with one attached hydrogen (secondary N) is 1. The summed E-state index contributed by atoms with van der Waals surface area (Å²) in [6.07, 6.45) is 0.864. The molecule has 1 aliphatic carbocycles. The van der Waals surface area contributed by atoms with Crippen molar-refractivity contribution >= 4 is 17.4 Å². The van der Waals surface area contributed by atoms with Gasteiger partial charge in [-0.15, -0.1) is 0 Å². The first-order valence-electron chi connectivity index (χ1n) is 12.8. The number of ether oxygens (including phenoxy) is 2. The summed E-state index contributed by atoms with van der Waals surface area (Å²) in [6.45, 7) is 1.92. The molecular weight excluding hydrogens is 496 g/mol. The summed E-state index contributed by atoms with van der Waals surface area (Å²) in [5.74, 6) is -0.828. The molecule has 0 saturated carbocycles. The molecule has 8 heteroatoms. The molecule has 3 aromatic carbocycles. The number of esters is 1. The fourth-order valence-corrected chi connectivity index (χ4v) is 5.31. The van der Waals surface area contributed by atoms with Crippen molar-refractivity contribution in [2.24, 2.45) is 0 Å². The highest BCUT2D eigenvalue weighted by molar-refractivity contribution is 6.04. The van der Waals surface area contributed by atoms with E-state index in [-0.39, 0.29) is 42.6 Å². The molecule has 0 amide bonds. The van der Waals surface area contributed by atoms with Gasteiger partial charge in [0.25, 0.3) is 5.69 Å². The first-order valence-corrected chi connectivity index (χ1v) is 12.8. The normalized spacial score (nSPS) is 18.7. The van der Waals surface area contributed by atoms with Gasteiger partial charge in [0.2, 0.25) is 0 Å². The number of non-ortho nitro benzene ring substituents is 1. The first kappa shape index (κ1) is 25.9. The van der Waals surface area contributed by atoms with Crippen molar-refractivity contribution in [2.75, 3.05) is 13.2 Å². The summed E-state index contributed by atoms with van der Waals surface area (Å²) in [6, 6.07) is 25.1. The largest absolute Gasteiger partial charge is 0.490 e. The number of carbonyl (C=O) groups excluding carboxylic acids is 2. The molecule has 8 nitrogen and oxygen atoms in total. The van der Waals surface area contributed by atoms with Gasteiger partial charge in [0.15, 0.2) is 5.78 Å². The van der Waals surface area contributed by atoms with Crippen LogP contribution < -0.4 is 10.1 Å². The number of nitro groups is 1. The van der Waals surface area contributed by atoms with Gasteiger partial charge in [-0.2, -0.15) is 0 Å². The Balaban J connectivity index is 1.45. The Bertz CT molecular complexity index is 1460. The maximum absolute atomic E-state index is 13.7. The van der Waals surface area contributed by atoms with Gasteiger partial charge >= 0.3 is 5.97 Å². The number of para-hydroxylation sites is 1. The van der Waals surface area contributed by atoms with Crippen molar-refractivity contribution < 1.29 is 24.0 Å². The lowest BCUT2D eigenvalue weighted by molar-refractivity contribution is -0.384.